The highest BCUT2D eigenvalue weighted by Gasteiger charge is 2.27. The Kier molecular flexibility index (Phi) is 5.15. The first kappa shape index (κ1) is 18.2. The third kappa shape index (κ3) is 3.81. The molecule has 0 aliphatic heterocycles. The molecule has 1 aromatic carbocycles. The Balaban J connectivity index is 1.66. The molecule has 3 rings (SSSR count). The maximum atomic E-state index is 12.1. The van der Waals surface area contributed by atoms with E-state index in [-0.39, 0.29) is 12.6 Å². The molecule has 1 aliphatic carbocycles. The molecular weight excluding hydrogens is 332 g/mol. The molecule has 1 heterocycles. The van der Waals surface area contributed by atoms with Crippen LogP contribution < -0.4 is 5.32 Å². The fourth-order valence-electron chi connectivity index (χ4n) is 3.18. The van der Waals surface area contributed by atoms with Gasteiger partial charge in [-0.05, 0) is 30.5 Å². The summed E-state index contributed by atoms with van der Waals surface area (Å²) >= 11 is 0. The molecule has 26 heavy (non-hydrogen) atoms. The van der Waals surface area contributed by atoms with Crippen molar-refractivity contribution in [1.29, 1.82) is 0 Å². The molecule has 140 valence electrons. The van der Waals surface area contributed by atoms with E-state index < -0.39 is 11.9 Å². The summed E-state index contributed by atoms with van der Waals surface area (Å²) in [6, 6.07) is 6.43. The molecule has 2 N–H and O–H groups in total. The lowest BCUT2D eigenvalue weighted by Crippen LogP contribution is -2.40. The quantitative estimate of drug-likeness (QED) is 0.797. The third-order valence-corrected chi connectivity index (χ3v) is 4.81. The van der Waals surface area contributed by atoms with Crippen molar-refractivity contribution in [2.24, 2.45) is 5.92 Å². The van der Waals surface area contributed by atoms with E-state index in [1.165, 1.54) is 17.7 Å². The molecule has 7 nitrogen and oxygen atoms in total. The molecule has 1 fully saturated rings. The standard InChI is InChI=1S/C19H26N4O3/c1-4-17-21-15-9-13(5-8-16(15)23(17)14-6-7-14)10-20-19(26)22(3)11-12(2)18(24)25/h5,8-9,12,14H,4,6-7,10-11H2,1-3H3,(H,20,26)(H,24,25). The second kappa shape index (κ2) is 7.35. The maximum absolute atomic E-state index is 12.1. The van der Waals surface area contributed by atoms with E-state index in [0.717, 1.165) is 28.8 Å². The number of amides is 2. The number of nitrogens with one attached hydrogen (secondary N) is 1. The first-order valence-electron chi connectivity index (χ1n) is 9.12. The summed E-state index contributed by atoms with van der Waals surface area (Å²) < 4.78 is 2.35. The summed E-state index contributed by atoms with van der Waals surface area (Å²) in [6.07, 6.45) is 3.35. The van der Waals surface area contributed by atoms with Crippen molar-refractivity contribution in [2.75, 3.05) is 13.6 Å². The zero-order valence-corrected chi connectivity index (χ0v) is 15.5. The minimum Gasteiger partial charge on any atom is -0.481 e. The van der Waals surface area contributed by atoms with Gasteiger partial charge in [-0.25, -0.2) is 9.78 Å². The van der Waals surface area contributed by atoms with Gasteiger partial charge in [0, 0.05) is 32.6 Å². The van der Waals surface area contributed by atoms with Crippen molar-refractivity contribution >= 4 is 23.0 Å². The van der Waals surface area contributed by atoms with Gasteiger partial charge in [-0.3, -0.25) is 4.79 Å². The molecule has 1 unspecified atom stereocenters. The summed E-state index contributed by atoms with van der Waals surface area (Å²) in [5.74, 6) is -0.389. The van der Waals surface area contributed by atoms with Crippen molar-refractivity contribution in [3.8, 4) is 0 Å². The Morgan fingerprint density at radius 1 is 1.42 bits per heavy atom. The van der Waals surface area contributed by atoms with Gasteiger partial charge >= 0.3 is 12.0 Å². The van der Waals surface area contributed by atoms with Crippen LogP contribution >= 0.6 is 0 Å². The van der Waals surface area contributed by atoms with Crippen molar-refractivity contribution in [1.82, 2.24) is 19.8 Å². The van der Waals surface area contributed by atoms with Crippen molar-refractivity contribution < 1.29 is 14.7 Å². The summed E-state index contributed by atoms with van der Waals surface area (Å²) in [7, 11) is 1.60. The Bertz CT molecular complexity index is 826. The topological polar surface area (TPSA) is 87.5 Å². The molecule has 0 radical (unpaired) electrons. The number of carbonyl (C=O) groups excluding carboxylic acids is 1. The molecule has 7 heteroatoms. The fourth-order valence-corrected chi connectivity index (χ4v) is 3.18. The average Bonchev–Trinajstić information content (AvgIpc) is 3.39. The minimum absolute atomic E-state index is 0.172. The van der Waals surface area contributed by atoms with Crippen LogP contribution in [0.25, 0.3) is 11.0 Å². The number of carboxylic acids is 1. The van der Waals surface area contributed by atoms with Gasteiger partial charge in [0.05, 0.1) is 17.0 Å². The molecule has 1 aliphatic rings. The third-order valence-electron chi connectivity index (χ3n) is 4.81. The highest BCUT2D eigenvalue weighted by Crippen LogP contribution is 2.38. The number of hydrogen-bond donors (Lipinski definition) is 2. The Labute approximate surface area is 153 Å². The number of benzene rings is 1. The number of aliphatic carboxylic acids is 1. The molecular formula is C19H26N4O3. The number of aryl methyl sites for hydroxylation is 1. The number of carboxylic acid groups (broad SMARTS) is 1. The zero-order valence-electron chi connectivity index (χ0n) is 15.5. The van der Waals surface area contributed by atoms with Gasteiger partial charge in [-0.2, -0.15) is 0 Å². The number of imidazole rings is 1. The number of aromatic nitrogens is 2. The Morgan fingerprint density at radius 2 is 2.15 bits per heavy atom. The van der Waals surface area contributed by atoms with Crippen molar-refractivity contribution in [3.05, 3.63) is 29.6 Å². The van der Waals surface area contributed by atoms with Crippen LogP contribution in [0.2, 0.25) is 0 Å². The maximum Gasteiger partial charge on any atom is 0.317 e. The van der Waals surface area contributed by atoms with E-state index in [1.54, 1.807) is 14.0 Å². The van der Waals surface area contributed by atoms with Crippen LogP contribution in [0, 0.1) is 5.92 Å². The number of urea groups is 1. The average molecular weight is 358 g/mol. The van der Waals surface area contributed by atoms with Crippen LogP contribution in [-0.2, 0) is 17.8 Å². The lowest BCUT2D eigenvalue weighted by atomic mass is 10.2. The van der Waals surface area contributed by atoms with E-state index >= 15 is 0 Å². The number of rotatable bonds is 7. The van der Waals surface area contributed by atoms with Gasteiger partial charge < -0.3 is 19.9 Å². The monoisotopic (exact) mass is 358 g/mol. The van der Waals surface area contributed by atoms with E-state index in [1.807, 2.05) is 12.1 Å². The van der Waals surface area contributed by atoms with Crippen LogP contribution in [-0.4, -0.2) is 45.2 Å². The van der Waals surface area contributed by atoms with E-state index in [0.29, 0.717) is 12.6 Å². The first-order valence-corrected chi connectivity index (χ1v) is 9.12. The molecule has 1 saturated carbocycles. The predicted molar refractivity (Wildman–Crippen MR) is 99.0 cm³/mol. The molecule has 0 bridgehead atoms. The molecule has 2 aromatic rings. The Morgan fingerprint density at radius 3 is 2.77 bits per heavy atom. The summed E-state index contributed by atoms with van der Waals surface area (Å²) in [6.45, 7) is 4.26. The van der Waals surface area contributed by atoms with Gasteiger partial charge in [0.1, 0.15) is 5.82 Å². The summed E-state index contributed by atoms with van der Waals surface area (Å²) in [5, 5.41) is 11.8. The van der Waals surface area contributed by atoms with Crippen LogP contribution in [0.1, 0.15) is 44.1 Å². The lowest BCUT2D eigenvalue weighted by Gasteiger charge is -2.20. The minimum atomic E-state index is -0.909. The molecule has 0 spiro atoms. The van der Waals surface area contributed by atoms with Crippen molar-refractivity contribution in [3.63, 3.8) is 0 Å². The van der Waals surface area contributed by atoms with Crippen LogP contribution in [0.4, 0.5) is 4.79 Å². The lowest BCUT2D eigenvalue weighted by molar-refractivity contribution is -0.141. The van der Waals surface area contributed by atoms with Gasteiger partial charge in [0.25, 0.3) is 0 Å². The molecule has 1 atom stereocenters. The fraction of sp³-hybridized carbons (Fsp3) is 0.526. The number of fused-ring (bicyclic) bond motifs is 1. The second-order valence-corrected chi connectivity index (χ2v) is 7.08. The normalized spacial score (nSPS) is 15.0. The highest BCUT2D eigenvalue weighted by molar-refractivity contribution is 5.78. The van der Waals surface area contributed by atoms with Gasteiger partial charge in [0.2, 0.25) is 0 Å². The molecule has 2 amide bonds. The largest absolute Gasteiger partial charge is 0.481 e. The highest BCUT2D eigenvalue weighted by atomic mass is 16.4. The van der Waals surface area contributed by atoms with Crippen LogP contribution in [0.3, 0.4) is 0 Å². The number of nitrogens with zero attached hydrogens (tertiary/aromatic N) is 3. The van der Waals surface area contributed by atoms with Crippen LogP contribution in [0.5, 0.6) is 0 Å². The predicted octanol–water partition coefficient (Wildman–Crippen LogP) is 2.80. The second-order valence-electron chi connectivity index (χ2n) is 7.08. The zero-order chi connectivity index (χ0) is 18.8. The van der Waals surface area contributed by atoms with E-state index in [2.05, 4.69) is 22.9 Å². The van der Waals surface area contributed by atoms with E-state index in [9.17, 15) is 9.59 Å². The number of hydrogen-bond acceptors (Lipinski definition) is 3. The summed E-state index contributed by atoms with van der Waals surface area (Å²) in [5.41, 5.74) is 3.11. The van der Waals surface area contributed by atoms with Gasteiger partial charge in [-0.15, -0.1) is 0 Å². The van der Waals surface area contributed by atoms with Crippen molar-refractivity contribution in [2.45, 2.75) is 45.7 Å². The first-order chi connectivity index (χ1) is 12.4. The van der Waals surface area contributed by atoms with Gasteiger partial charge in [0.15, 0.2) is 0 Å². The van der Waals surface area contributed by atoms with Gasteiger partial charge in [-0.1, -0.05) is 19.9 Å². The Hall–Kier alpha value is -2.57. The smallest absolute Gasteiger partial charge is 0.317 e. The number of carbonyl (C=O) groups is 2. The molecule has 1 aromatic heterocycles. The SMILES string of the molecule is CCc1nc2cc(CNC(=O)N(C)CC(C)C(=O)O)ccc2n1C1CC1. The summed E-state index contributed by atoms with van der Waals surface area (Å²) in [4.78, 5) is 29.2. The van der Waals surface area contributed by atoms with Crippen LogP contribution in [0.15, 0.2) is 18.2 Å². The molecule has 0 saturated heterocycles. The van der Waals surface area contributed by atoms with E-state index in [4.69, 9.17) is 10.1 Å².